The van der Waals surface area contributed by atoms with Crippen LogP contribution in [-0.2, 0) is 16.3 Å². The Labute approximate surface area is 207 Å². The van der Waals surface area contributed by atoms with Gasteiger partial charge in [0.05, 0.1) is 17.2 Å². The number of halogens is 2. The number of ether oxygens (including phenoxy) is 1. The average Bonchev–Trinajstić information content (AvgIpc) is 2.86. The normalized spacial score (nSPS) is 11.3. The van der Waals surface area contributed by atoms with Gasteiger partial charge < -0.3 is 4.74 Å². The molecule has 0 amide bonds. The Balaban J connectivity index is 1.40. The number of benzene rings is 3. The van der Waals surface area contributed by atoms with Crippen molar-refractivity contribution in [2.75, 3.05) is 12.4 Å². The zero-order valence-electron chi connectivity index (χ0n) is 18.4. The molecule has 0 radical (unpaired) electrons. The van der Waals surface area contributed by atoms with E-state index in [1.165, 1.54) is 6.07 Å². The SMILES string of the molecule is O=C(CS(=O)(=O)c1ccc(F)cc1)c1cccc(-c2ccc(OCCc3ccc(Cl)cc3)nn2)c1. The topological polar surface area (TPSA) is 86.2 Å². The van der Waals surface area contributed by atoms with E-state index in [0.29, 0.717) is 35.2 Å². The molecule has 0 fully saturated rings. The minimum absolute atomic E-state index is 0.110. The first-order valence-electron chi connectivity index (χ1n) is 10.6. The van der Waals surface area contributed by atoms with E-state index in [1.54, 1.807) is 30.3 Å². The molecule has 4 aromatic rings. The highest BCUT2D eigenvalue weighted by atomic mass is 35.5. The molecule has 0 atom stereocenters. The number of ketones is 1. The van der Waals surface area contributed by atoms with Crippen molar-refractivity contribution in [3.8, 4) is 17.1 Å². The van der Waals surface area contributed by atoms with Crippen LogP contribution in [-0.4, -0.2) is 36.8 Å². The molecule has 1 heterocycles. The maximum absolute atomic E-state index is 13.1. The van der Waals surface area contributed by atoms with Crippen molar-refractivity contribution >= 4 is 27.2 Å². The molecule has 0 saturated carbocycles. The molecule has 178 valence electrons. The molecule has 9 heteroatoms. The second kappa shape index (κ2) is 10.8. The van der Waals surface area contributed by atoms with Crippen LogP contribution in [0.2, 0.25) is 5.02 Å². The van der Waals surface area contributed by atoms with Crippen molar-refractivity contribution < 1.29 is 22.3 Å². The van der Waals surface area contributed by atoms with Gasteiger partial charge in [-0.1, -0.05) is 41.9 Å². The highest BCUT2D eigenvalue weighted by Crippen LogP contribution is 2.21. The molecule has 0 aliphatic heterocycles. The van der Waals surface area contributed by atoms with Crippen molar-refractivity contribution in [3.63, 3.8) is 0 Å². The number of hydrogen-bond acceptors (Lipinski definition) is 6. The quantitative estimate of drug-likeness (QED) is 0.227. The third-order valence-electron chi connectivity index (χ3n) is 5.17. The van der Waals surface area contributed by atoms with Crippen LogP contribution < -0.4 is 4.74 Å². The molecule has 0 spiro atoms. The fraction of sp³-hybridized carbons (Fsp3) is 0.115. The van der Waals surface area contributed by atoms with Crippen molar-refractivity contribution in [3.05, 3.63) is 107 Å². The summed E-state index contributed by atoms with van der Waals surface area (Å²) in [6.07, 6.45) is 0.686. The van der Waals surface area contributed by atoms with E-state index in [4.69, 9.17) is 16.3 Å². The number of nitrogens with zero attached hydrogens (tertiary/aromatic N) is 2. The summed E-state index contributed by atoms with van der Waals surface area (Å²) in [4.78, 5) is 12.6. The maximum Gasteiger partial charge on any atom is 0.233 e. The third-order valence-corrected chi connectivity index (χ3v) is 7.05. The molecule has 0 saturated heterocycles. The Kier molecular flexibility index (Phi) is 7.53. The summed E-state index contributed by atoms with van der Waals surface area (Å²) < 4.78 is 43.8. The van der Waals surface area contributed by atoms with Crippen molar-refractivity contribution in [1.29, 1.82) is 0 Å². The zero-order chi connectivity index (χ0) is 24.8. The standard InChI is InChI=1S/C26H20ClFN2O4S/c27-21-6-4-18(5-7-21)14-15-34-26-13-12-24(29-30-26)19-2-1-3-20(16-19)25(31)17-35(32,33)23-10-8-22(28)9-11-23/h1-13,16H,14-15,17H2. The molecule has 0 N–H and O–H groups in total. The number of Topliss-reactive ketones (excluding diaryl/α,β-unsaturated/α-hetero) is 1. The van der Waals surface area contributed by atoms with E-state index in [-0.39, 0.29) is 10.5 Å². The molecule has 0 aliphatic rings. The maximum atomic E-state index is 13.1. The van der Waals surface area contributed by atoms with Crippen molar-refractivity contribution in [2.24, 2.45) is 0 Å². The summed E-state index contributed by atoms with van der Waals surface area (Å²) in [6, 6.07) is 21.8. The van der Waals surface area contributed by atoms with Crippen LogP contribution in [0.4, 0.5) is 4.39 Å². The van der Waals surface area contributed by atoms with Gasteiger partial charge in [0.25, 0.3) is 0 Å². The van der Waals surface area contributed by atoms with Gasteiger partial charge in [-0.15, -0.1) is 10.2 Å². The Morgan fingerprint density at radius 2 is 1.66 bits per heavy atom. The molecule has 0 unspecified atom stereocenters. The van der Waals surface area contributed by atoms with E-state index in [1.807, 2.05) is 24.3 Å². The summed E-state index contributed by atoms with van der Waals surface area (Å²) in [6.45, 7) is 0.419. The molecule has 0 bridgehead atoms. The number of hydrogen-bond donors (Lipinski definition) is 0. The average molecular weight is 511 g/mol. The van der Waals surface area contributed by atoms with E-state index in [2.05, 4.69) is 10.2 Å². The summed E-state index contributed by atoms with van der Waals surface area (Å²) in [7, 11) is -3.91. The minimum Gasteiger partial charge on any atom is -0.476 e. The second-order valence-electron chi connectivity index (χ2n) is 7.70. The third kappa shape index (κ3) is 6.49. The van der Waals surface area contributed by atoms with E-state index >= 15 is 0 Å². The minimum atomic E-state index is -3.91. The first-order valence-corrected chi connectivity index (χ1v) is 12.7. The van der Waals surface area contributed by atoms with Gasteiger partial charge in [0.1, 0.15) is 11.6 Å². The predicted octanol–water partition coefficient (Wildman–Crippen LogP) is 5.21. The zero-order valence-corrected chi connectivity index (χ0v) is 20.0. The second-order valence-corrected chi connectivity index (χ2v) is 10.1. The van der Waals surface area contributed by atoms with Crippen molar-refractivity contribution in [2.45, 2.75) is 11.3 Å². The Hall–Kier alpha value is -3.62. The summed E-state index contributed by atoms with van der Waals surface area (Å²) >= 11 is 5.89. The summed E-state index contributed by atoms with van der Waals surface area (Å²) in [5, 5.41) is 8.91. The van der Waals surface area contributed by atoms with Crippen LogP contribution in [0.1, 0.15) is 15.9 Å². The lowest BCUT2D eigenvalue weighted by atomic mass is 10.1. The fourth-order valence-corrected chi connectivity index (χ4v) is 4.66. The smallest absolute Gasteiger partial charge is 0.233 e. The largest absolute Gasteiger partial charge is 0.476 e. The van der Waals surface area contributed by atoms with Gasteiger partial charge in [0, 0.05) is 28.6 Å². The van der Waals surface area contributed by atoms with Crippen LogP contribution >= 0.6 is 11.6 Å². The summed E-state index contributed by atoms with van der Waals surface area (Å²) in [5.74, 6) is -1.50. The molecule has 1 aromatic heterocycles. The summed E-state index contributed by atoms with van der Waals surface area (Å²) in [5.41, 5.74) is 2.42. The van der Waals surface area contributed by atoms with Crippen LogP contribution in [0.25, 0.3) is 11.3 Å². The van der Waals surface area contributed by atoms with Crippen LogP contribution in [0.3, 0.4) is 0 Å². The van der Waals surface area contributed by atoms with Gasteiger partial charge >= 0.3 is 0 Å². The van der Waals surface area contributed by atoms with E-state index in [0.717, 1.165) is 29.8 Å². The first-order chi connectivity index (χ1) is 16.8. The molecule has 3 aromatic carbocycles. The Morgan fingerprint density at radius 3 is 2.34 bits per heavy atom. The van der Waals surface area contributed by atoms with Crippen LogP contribution in [0, 0.1) is 5.82 Å². The van der Waals surface area contributed by atoms with Crippen LogP contribution in [0.5, 0.6) is 5.88 Å². The number of sulfone groups is 1. The van der Waals surface area contributed by atoms with Crippen LogP contribution in [0.15, 0.2) is 89.8 Å². The van der Waals surface area contributed by atoms with Crippen molar-refractivity contribution in [1.82, 2.24) is 10.2 Å². The number of carbonyl (C=O) groups is 1. The number of rotatable bonds is 9. The molecular weight excluding hydrogens is 491 g/mol. The number of aromatic nitrogens is 2. The van der Waals surface area contributed by atoms with Gasteiger partial charge in [-0.25, -0.2) is 12.8 Å². The Bertz CT molecular complexity index is 1430. The molecule has 35 heavy (non-hydrogen) atoms. The molecular formula is C26H20ClFN2O4S. The lowest BCUT2D eigenvalue weighted by Gasteiger charge is -2.07. The predicted molar refractivity (Wildman–Crippen MR) is 131 cm³/mol. The highest BCUT2D eigenvalue weighted by molar-refractivity contribution is 7.92. The highest BCUT2D eigenvalue weighted by Gasteiger charge is 2.21. The fourth-order valence-electron chi connectivity index (χ4n) is 3.31. The lowest BCUT2D eigenvalue weighted by Crippen LogP contribution is -2.16. The van der Waals surface area contributed by atoms with Gasteiger partial charge in [-0.3, -0.25) is 4.79 Å². The van der Waals surface area contributed by atoms with Gasteiger partial charge in [-0.05, 0) is 54.1 Å². The lowest BCUT2D eigenvalue weighted by molar-refractivity contribution is 0.102. The van der Waals surface area contributed by atoms with Gasteiger partial charge in [0.15, 0.2) is 15.6 Å². The molecule has 6 nitrogen and oxygen atoms in total. The molecule has 4 rings (SSSR count). The van der Waals surface area contributed by atoms with E-state index in [9.17, 15) is 17.6 Å². The Morgan fingerprint density at radius 1 is 0.914 bits per heavy atom. The monoisotopic (exact) mass is 510 g/mol. The van der Waals surface area contributed by atoms with Gasteiger partial charge in [0.2, 0.25) is 5.88 Å². The number of carbonyl (C=O) groups excluding carboxylic acids is 1. The first kappa shape index (κ1) is 24.5. The van der Waals surface area contributed by atoms with Gasteiger partial charge in [-0.2, -0.15) is 0 Å². The van der Waals surface area contributed by atoms with E-state index < -0.39 is 27.2 Å². The molecule has 0 aliphatic carbocycles.